The first-order valence-electron chi connectivity index (χ1n) is 9.72. The van der Waals surface area contributed by atoms with Gasteiger partial charge in [0.15, 0.2) is 11.5 Å². The number of hydrogen-bond acceptors (Lipinski definition) is 5. The lowest BCUT2D eigenvalue weighted by molar-refractivity contribution is -0.0751. The van der Waals surface area contributed by atoms with Crippen LogP contribution in [-0.2, 0) is 4.74 Å². The monoisotopic (exact) mass is 385 g/mol. The van der Waals surface area contributed by atoms with Crippen LogP contribution in [0.3, 0.4) is 0 Å². The van der Waals surface area contributed by atoms with E-state index in [9.17, 15) is 4.79 Å². The van der Waals surface area contributed by atoms with Gasteiger partial charge in [-0.05, 0) is 48.7 Å². The summed E-state index contributed by atoms with van der Waals surface area (Å²) in [6, 6.07) is 10.2. The standard InChI is InChI=1S/C21H23NO4S/c23-21(22-9-10-24-16-4-2-1-3-15(16)22)20-8-7-19(27-20)14-5-6-17-18(13-14)26-12-11-25-17/h5-8,13,15-16H,1-4,9-12H2. The Morgan fingerprint density at radius 3 is 2.78 bits per heavy atom. The van der Waals surface area contributed by atoms with E-state index in [4.69, 9.17) is 14.2 Å². The van der Waals surface area contributed by atoms with Crippen LogP contribution in [0.1, 0.15) is 35.4 Å². The minimum Gasteiger partial charge on any atom is -0.486 e. The predicted molar refractivity (Wildman–Crippen MR) is 104 cm³/mol. The number of carbonyl (C=O) groups is 1. The Hall–Kier alpha value is -2.05. The zero-order chi connectivity index (χ0) is 18.2. The lowest BCUT2D eigenvalue weighted by Gasteiger charge is -2.43. The summed E-state index contributed by atoms with van der Waals surface area (Å²) < 4.78 is 17.2. The third-order valence-electron chi connectivity index (χ3n) is 5.64. The normalized spacial score (nSPS) is 24.4. The predicted octanol–water partition coefficient (Wildman–Crippen LogP) is 3.97. The average Bonchev–Trinajstić information content (AvgIpc) is 3.23. The number of amides is 1. The van der Waals surface area contributed by atoms with Crippen LogP contribution in [0.15, 0.2) is 30.3 Å². The molecule has 5 rings (SSSR count). The summed E-state index contributed by atoms with van der Waals surface area (Å²) in [5, 5.41) is 0. The molecule has 1 aromatic heterocycles. The van der Waals surface area contributed by atoms with E-state index in [-0.39, 0.29) is 18.1 Å². The highest BCUT2D eigenvalue weighted by Crippen LogP contribution is 2.38. The summed E-state index contributed by atoms with van der Waals surface area (Å²) in [6.45, 7) is 2.50. The van der Waals surface area contributed by atoms with Crippen LogP contribution in [0, 0.1) is 0 Å². The number of nitrogens with zero attached hydrogens (tertiary/aromatic N) is 1. The third kappa shape index (κ3) is 3.21. The smallest absolute Gasteiger partial charge is 0.264 e. The number of benzene rings is 1. The van der Waals surface area contributed by atoms with Crippen molar-refractivity contribution in [3.8, 4) is 21.9 Å². The van der Waals surface area contributed by atoms with Gasteiger partial charge in [-0.1, -0.05) is 12.8 Å². The van der Waals surface area contributed by atoms with Gasteiger partial charge in [0.05, 0.1) is 23.6 Å². The summed E-state index contributed by atoms with van der Waals surface area (Å²) in [5.41, 5.74) is 1.06. The third-order valence-corrected chi connectivity index (χ3v) is 6.76. The molecule has 2 aromatic rings. The van der Waals surface area contributed by atoms with E-state index in [0.29, 0.717) is 26.4 Å². The topological polar surface area (TPSA) is 48.0 Å². The molecule has 2 aliphatic heterocycles. The fourth-order valence-corrected chi connectivity index (χ4v) is 5.25. The van der Waals surface area contributed by atoms with Crippen LogP contribution in [0.25, 0.3) is 10.4 Å². The number of ether oxygens (including phenoxy) is 3. The van der Waals surface area contributed by atoms with Crippen LogP contribution in [0.4, 0.5) is 0 Å². The molecule has 0 radical (unpaired) electrons. The van der Waals surface area contributed by atoms with Crippen molar-refractivity contribution in [1.82, 2.24) is 4.90 Å². The average molecular weight is 385 g/mol. The highest BCUT2D eigenvalue weighted by molar-refractivity contribution is 7.17. The second-order valence-corrected chi connectivity index (χ2v) is 8.37. The molecule has 2 fully saturated rings. The molecular weight excluding hydrogens is 362 g/mol. The second-order valence-electron chi connectivity index (χ2n) is 7.28. The van der Waals surface area contributed by atoms with E-state index in [1.807, 2.05) is 35.2 Å². The Morgan fingerprint density at radius 1 is 1.00 bits per heavy atom. The van der Waals surface area contributed by atoms with E-state index < -0.39 is 0 Å². The molecule has 27 heavy (non-hydrogen) atoms. The molecule has 1 aromatic carbocycles. The lowest BCUT2D eigenvalue weighted by atomic mass is 9.90. The van der Waals surface area contributed by atoms with E-state index in [0.717, 1.165) is 39.7 Å². The van der Waals surface area contributed by atoms with Crippen LogP contribution < -0.4 is 9.47 Å². The molecule has 0 N–H and O–H groups in total. The van der Waals surface area contributed by atoms with E-state index in [1.165, 1.54) is 12.8 Å². The molecule has 5 nitrogen and oxygen atoms in total. The summed E-state index contributed by atoms with van der Waals surface area (Å²) in [7, 11) is 0. The van der Waals surface area contributed by atoms with E-state index in [1.54, 1.807) is 11.3 Å². The number of rotatable bonds is 2. The SMILES string of the molecule is O=C(c1ccc(-c2ccc3c(c2)OCCO3)s1)N1CCOC2CCCCC21. The lowest BCUT2D eigenvalue weighted by Crippen LogP contribution is -2.54. The van der Waals surface area contributed by atoms with Gasteiger partial charge in [0.25, 0.3) is 5.91 Å². The molecule has 3 aliphatic rings. The molecule has 0 bridgehead atoms. The molecule has 0 spiro atoms. The van der Waals surface area contributed by atoms with Crippen molar-refractivity contribution in [2.75, 3.05) is 26.4 Å². The molecule has 1 aliphatic carbocycles. The largest absolute Gasteiger partial charge is 0.486 e. The van der Waals surface area contributed by atoms with E-state index >= 15 is 0 Å². The molecule has 6 heteroatoms. The minimum absolute atomic E-state index is 0.143. The zero-order valence-electron chi connectivity index (χ0n) is 15.2. The fraction of sp³-hybridized carbons (Fsp3) is 0.476. The van der Waals surface area contributed by atoms with Crippen LogP contribution in [-0.4, -0.2) is 49.3 Å². The van der Waals surface area contributed by atoms with Gasteiger partial charge >= 0.3 is 0 Å². The first kappa shape index (κ1) is 17.1. The Morgan fingerprint density at radius 2 is 1.85 bits per heavy atom. The van der Waals surface area contributed by atoms with Crippen LogP contribution in [0.5, 0.6) is 11.5 Å². The minimum atomic E-state index is 0.143. The first-order valence-corrected chi connectivity index (χ1v) is 10.5. The Labute approximate surface area is 162 Å². The molecule has 1 saturated heterocycles. The summed E-state index contributed by atoms with van der Waals surface area (Å²) in [4.78, 5) is 17.1. The number of fused-ring (bicyclic) bond motifs is 2. The van der Waals surface area contributed by atoms with Gasteiger partial charge < -0.3 is 19.1 Å². The van der Waals surface area contributed by atoms with Crippen LogP contribution in [0.2, 0.25) is 0 Å². The quantitative estimate of drug-likeness (QED) is 0.785. The molecule has 1 saturated carbocycles. The number of thiophene rings is 1. The Kier molecular flexibility index (Phi) is 4.53. The molecular formula is C21H23NO4S. The van der Waals surface area contributed by atoms with Gasteiger partial charge in [0.1, 0.15) is 13.2 Å². The van der Waals surface area contributed by atoms with Crippen molar-refractivity contribution < 1.29 is 19.0 Å². The summed E-state index contributed by atoms with van der Waals surface area (Å²) in [5.74, 6) is 1.71. The van der Waals surface area contributed by atoms with Gasteiger partial charge in [0, 0.05) is 11.4 Å². The van der Waals surface area contributed by atoms with Gasteiger partial charge in [-0.3, -0.25) is 4.79 Å². The molecule has 1 amide bonds. The molecule has 2 atom stereocenters. The molecule has 2 unspecified atom stereocenters. The van der Waals surface area contributed by atoms with Crippen LogP contribution >= 0.6 is 11.3 Å². The Bertz CT molecular complexity index is 846. The highest BCUT2D eigenvalue weighted by atomic mass is 32.1. The summed E-state index contributed by atoms with van der Waals surface area (Å²) in [6.07, 6.45) is 4.73. The van der Waals surface area contributed by atoms with Gasteiger partial charge in [0.2, 0.25) is 0 Å². The van der Waals surface area contributed by atoms with Crippen molar-refractivity contribution in [1.29, 1.82) is 0 Å². The van der Waals surface area contributed by atoms with Gasteiger partial charge in [-0.15, -0.1) is 11.3 Å². The molecule has 142 valence electrons. The second kappa shape index (κ2) is 7.17. The maximum atomic E-state index is 13.2. The maximum absolute atomic E-state index is 13.2. The van der Waals surface area contributed by atoms with Crippen molar-refractivity contribution in [2.45, 2.75) is 37.8 Å². The highest BCUT2D eigenvalue weighted by Gasteiger charge is 2.37. The summed E-state index contributed by atoms with van der Waals surface area (Å²) >= 11 is 1.55. The Balaban J connectivity index is 1.38. The fourth-order valence-electron chi connectivity index (χ4n) is 4.29. The number of hydrogen-bond donors (Lipinski definition) is 0. The van der Waals surface area contributed by atoms with Gasteiger partial charge in [-0.2, -0.15) is 0 Å². The maximum Gasteiger partial charge on any atom is 0.264 e. The first-order chi connectivity index (χ1) is 13.3. The van der Waals surface area contributed by atoms with Crippen molar-refractivity contribution >= 4 is 17.2 Å². The van der Waals surface area contributed by atoms with Crippen molar-refractivity contribution in [2.24, 2.45) is 0 Å². The molecule has 3 heterocycles. The van der Waals surface area contributed by atoms with Gasteiger partial charge in [-0.25, -0.2) is 0 Å². The van der Waals surface area contributed by atoms with Crippen molar-refractivity contribution in [3.63, 3.8) is 0 Å². The zero-order valence-corrected chi connectivity index (χ0v) is 16.0. The number of morpholine rings is 1. The van der Waals surface area contributed by atoms with Crippen molar-refractivity contribution in [3.05, 3.63) is 35.2 Å². The number of carbonyl (C=O) groups excluding carboxylic acids is 1. The van der Waals surface area contributed by atoms with E-state index in [2.05, 4.69) is 0 Å².